The smallest absolute Gasteiger partial charge is 0.391 e. The van der Waals surface area contributed by atoms with Crippen molar-refractivity contribution in [3.63, 3.8) is 0 Å². The Morgan fingerprint density at radius 3 is 2.59 bits per heavy atom. The predicted octanol–water partition coefficient (Wildman–Crippen LogP) is 4.18. The zero-order valence-electron chi connectivity index (χ0n) is 15.4. The Balaban J connectivity index is 1.82. The van der Waals surface area contributed by atoms with Gasteiger partial charge in [-0.15, -0.1) is 5.10 Å². The molecule has 0 amide bonds. The third-order valence-electron chi connectivity index (χ3n) is 4.15. The maximum atomic E-state index is 12.9. The molecular weight excluding hydrogens is 409 g/mol. The monoisotopic (exact) mass is 424 g/mol. The third-order valence-corrected chi connectivity index (χ3v) is 4.39. The lowest BCUT2D eigenvalue weighted by Crippen LogP contribution is -2.22. The molecule has 3 rings (SSSR count). The molecule has 0 saturated heterocycles. The first kappa shape index (κ1) is 20.7. The zero-order chi connectivity index (χ0) is 21.2. The molecule has 0 radical (unpaired) electrons. The number of hydrogen-bond donors (Lipinski definition) is 0. The van der Waals surface area contributed by atoms with E-state index in [2.05, 4.69) is 10.3 Å². The number of aryl methyl sites for hydroxylation is 1. The van der Waals surface area contributed by atoms with E-state index in [-0.39, 0.29) is 17.6 Å². The van der Waals surface area contributed by atoms with E-state index in [0.717, 1.165) is 16.8 Å². The molecule has 29 heavy (non-hydrogen) atoms. The first-order chi connectivity index (χ1) is 13.7. The first-order valence-corrected chi connectivity index (χ1v) is 8.80. The van der Waals surface area contributed by atoms with Gasteiger partial charge < -0.3 is 4.84 Å². The molecule has 2 aromatic carbocycles. The van der Waals surface area contributed by atoms with Gasteiger partial charge in [0.25, 0.3) is 0 Å². The van der Waals surface area contributed by atoms with Gasteiger partial charge in [0, 0.05) is 12.6 Å². The van der Waals surface area contributed by atoms with Crippen molar-refractivity contribution in [2.24, 2.45) is 12.2 Å². The molecular formula is C19H16ClF3N4O2. The second-order valence-electron chi connectivity index (χ2n) is 6.17. The highest BCUT2D eigenvalue weighted by atomic mass is 35.5. The van der Waals surface area contributed by atoms with Gasteiger partial charge in [-0.3, -0.25) is 0 Å². The summed E-state index contributed by atoms with van der Waals surface area (Å²) in [6.07, 6.45) is -4.44. The van der Waals surface area contributed by atoms with Gasteiger partial charge in [0.05, 0.1) is 17.0 Å². The van der Waals surface area contributed by atoms with E-state index in [4.69, 9.17) is 16.4 Å². The molecule has 6 nitrogen and oxygen atoms in total. The number of aromatic nitrogens is 3. The van der Waals surface area contributed by atoms with Gasteiger partial charge in [-0.05, 0) is 42.3 Å². The van der Waals surface area contributed by atoms with Crippen molar-refractivity contribution < 1.29 is 18.0 Å². The minimum absolute atomic E-state index is 0.00593. The minimum Gasteiger partial charge on any atom is -0.391 e. The standard InChI is InChI=1S/C19H16ClF3N4O2/c1-12(13-7-5-8-15(10-13)19(21,22)23)25-29-11-14-6-3-4-9-16(14)27-17(20)24-26(2)18(27)28/h3-10H,11H2,1-2H3/b25-12+. The van der Waals surface area contributed by atoms with Gasteiger partial charge in [-0.25, -0.2) is 14.0 Å². The number of benzene rings is 2. The molecule has 0 saturated carbocycles. The largest absolute Gasteiger partial charge is 0.416 e. The number of hydrogen-bond acceptors (Lipinski definition) is 4. The fraction of sp³-hybridized carbons (Fsp3) is 0.211. The molecule has 1 heterocycles. The van der Waals surface area contributed by atoms with Crippen molar-refractivity contribution >= 4 is 17.3 Å². The Bertz CT molecular complexity index is 1120. The Hall–Kier alpha value is -3.07. The highest BCUT2D eigenvalue weighted by Gasteiger charge is 2.30. The van der Waals surface area contributed by atoms with Crippen LogP contribution >= 0.6 is 11.6 Å². The summed E-state index contributed by atoms with van der Waals surface area (Å²) in [6, 6.07) is 11.7. The summed E-state index contributed by atoms with van der Waals surface area (Å²) in [7, 11) is 1.48. The zero-order valence-corrected chi connectivity index (χ0v) is 16.2. The molecule has 0 atom stereocenters. The molecule has 0 spiro atoms. The summed E-state index contributed by atoms with van der Waals surface area (Å²) >= 11 is 6.04. The molecule has 0 aliphatic rings. The Kier molecular flexibility index (Phi) is 5.78. The van der Waals surface area contributed by atoms with Crippen LogP contribution in [0, 0.1) is 0 Å². The van der Waals surface area contributed by atoms with Crippen LogP contribution in [0.3, 0.4) is 0 Å². The van der Waals surface area contributed by atoms with E-state index in [1.54, 1.807) is 31.2 Å². The number of alkyl halides is 3. The van der Waals surface area contributed by atoms with Crippen LogP contribution < -0.4 is 5.69 Å². The normalized spacial score (nSPS) is 12.3. The van der Waals surface area contributed by atoms with E-state index >= 15 is 0 Å². The molecule has 0 bridgehead atoms. The molecule has 152 valence electrons. The molecule has 0 aliphatic carbocycles. The summed E-state index contributed by atoms with van der Waals surface area (Å²) in [5.74, 6) is 0. The number of nitrogens with zero attached hydrogens (tertiary/aromatic N) is 4. The van der Waals surface area contributed by atoms with E-state index in [1.807, 2.05) is 0 Å². The van der Waals surface area contributed by atoms with Crippen LogP contribution in [0.25, 0.3) is 5.69 Å². The van der Waals surface area contributed by atoms with Crippen molar-refractivity contribution in [1.29, 1.82) is 0 Å². The topological polar surface area (TPSA) is 61.4 Å². The fourth-order valence-electron chi connectivity index (χ4n) is 2.66. The fourth-order valence-corrected chi connectivity index (χ4v) is 2.94. The number of halogens is 4. The number of rotatable bonds is 5. The summed E-state index contributed by atoms with van der Waals surface area (Å²) in [5.41, 5.74) is 0.462. The first-order valence-electron chi connectivity index (χ1n) is 8.42. The molecule has 0 fully saturated rings. The summed E-state index contributed by atoms with van der Waals surface area (Å²) < 4.78 is 40.9. The van der Waals surface area contributed by atoms with Crippen molar-refractivity contribution in [1.82, 2.24) is 14.3 Å². The average molecular weight is 425 g/mol. The molecule has 0 unspecified atom stereocenters. The Morgan fingerprint density at radius 1 is 1.21 bits per heavy atom. The Morgan fingerprint density at radius 2 is 1.93 bits per heavy atom. The summed E-state index contributed by atoms with van der Waals surface area (Å²) in [6.45, 7) is 1.52. The van der Waals surface area contributed by atoms with Gasteiger partial charge in [0.2, 0.25) is 5.28 Å². The minimum atomic E-state index is -4.44. The molecule has 0 aliphatic heterocycles. The third kappa shape index (κ3) is 4.51. The van der Waals surface area contributed by atoms with Gasteiger partial charge in [-0.2, -0.15) is 13.2 Å². The second kappa shape index (κ2) is 8.12. The van der Waals surface area contributed by atoms with Crippen molar-refractivity contribution in [2.45, 2.75) is 19.7 Å². The lowest BCUT2D eigenvalue weighted by atomic mass is 10.1. The van der Waals surface area contributed by atoms with E-state index in [1.165, 1.54) is 23.7 Å². The molecule has 3 aromatic rings. The van der Waals surface area contributed by atoms with Crippen LogP contribution in [-0.2, 0) is 24.7 Å². The van der Waals surface area contributed by atoms with Crippen LogP contribution in [0.5, 0.6) is 0 Å². The Labute approximate surface area is 168 Å². The lowest BCUT2D eigenvalue weighted by molar-refractivity contribution is -0.137. The van der Waals surface area contributed by atoms with Crippen molar-refractivity contribution in [2.75, 3.05) is 0 Å². The summed E-state index contributed by atoms with van der Waals surface area (Å²) in [4.78, 5) is 17.6. The van der Waals surface area contributed by atoms with Crippen LogP contribution in [0.2, 0.25) is 5.28 Å². The summed E-state index contributed by atoms with van der Waals surface area (Å²) in [5, 5.41) is 7.78. The van der Waals surface area contributed by atoms with Crippen molar-refractivity contribution in [3.05, 3.63) is 81.0 Å². The predicted molar refractivity (Wildman–Crippen MR) is 102 cm³/mol. The van der Waals surface area contributed by atoms with Crippen LogP contribution in [0.4, 0.5) is 13.2 Å². The van der Waals surface area contributed by atoms with Crippen LogP contribution in [-0.4, -0.2) is 20.1 Å². The van der Waals surface area contributed by atoms with Crippen LogP contribution in [0.15, 0.2) is 58.5 Å². The molecule has 1 aromatic heterocycles. The SMILES string of the molecule is C/C(=N\OCc1ccccc1-n1c(Cl)nn(C)c1=O)c1cccc(C(F)(F)F)c1. The van der Waals surface area contributed by atoms with Crippen molar-refractivity contribution in [3.8, 4) is 5.69 Å². The van der Waals surface area contributed by atoms with Gasteiger partial charge >= 0.3 is 11.9 Å². The highest BCUT2D eigenvalue weighted by molar-refractivity contribution is 6.28. The van der Waals surface area contributed by atoms with Crippen LogP contribution in [0.1, 0.15) is 23.6 Å². The maximum absolute atomic E-state index is 12.9. The van der Waals surface area contributed by atoms with Gasteiger partial charge in [0.1, 0.15) is 6.61 Å². The number of oxime groups is 1. The van der Waals surface area contributed by atoms with Gasteiger partial charge in [-0.1, -0.05) is 35.5 Å². The average Bonchev–Trinajstić information content (AvgIpc) is 2.93. The van der Waals surface area contributed by atoms with E-state index in [0.29, 0.717) is 16.8 Å². The van der Waals surface area contributed by atoms with E-state index < -0.39 is 17.4 Å². The molecule has 0 N–H and O–H groups in total. The number of para-hydroxylation sites is 1. The maximum Gasteiger partial charge on any atom is 0.416 e. The lowest BCUT2D eigenvalue weighted by Gasteiger charge is -2.10. The van der Waals surface area contributed by atoms with E-state index in [9.17, 15) is 18.0 Å². The highest BCUT2D eigenvalue weighted by Crippen LogP contribution is 2.29. The molecule has 10 heteroatoms. The quantitative estimate of drug-likeness (QED) is 0.456. The van der Waals surface area contributed by atoms with Gasteiger partial charge in [0.15, 0.2) is 0 Å². The second-order valence-corrected chi connectivity index (χ2v) is 6.51.